The zero-order valence-corrected chi connectivity index (χ0v) is 9.99. The molecule has 4 nitrogen and oxygen atoms in total. The Labute approximate surface area is 109 Å². The molecule has 0 spiro atoms. The van der Waals surface area contributed by atoms with Crippen LogP contribution in [-0.2, 0) is 0 Å². The van der Waals surface area contributed by atoms with E-state index in [1.165, 1.54) is 12.1 Å². The molecule has 0 atom stereocenters. The lowest BCUT2D eigenvalue weighted by Gasteiger charge is -2.02. The molecule has 3 rings (SSSR count). The van der Waals surface area contributed by atoms with E-state index in [4.69, 9.17) is 5.73 Å². The lowest BCUT2D eigenvalue weighted by atomic mass is 10.1. The van der Waals surface area contributed by atoms with Crippen LogP contribution in [0.5, 0.6) is 0 Å². The Bertz CT molecular complexity index is 706. The first-order valence-electron chi connectivity index (χ1n) is 5.76. The Balaban J connectivity index is 2.07. The van der Waals surface area contributed by atoms with Gasteiger partial charge in [-0.2, -0.15) is 5.10 Å². The van der Waals surface area contributed by atoms with Gasteiger partial charge in [-0.3, -0.25) is 4.98 Å². The predicted molar refractivity (Wildman–Crippen MR) is 71.2 cm³/mol. The maximum absolute atomic E-state index is 13.2. The maximum atomic E-state index is 13.2. The number of hydrogen-bond donors (Lipinski definition) is 1. The minimum absolute atomic E-state index is 0.297. The molecule has 0 aliphatic carbocycles. The number of anilines is 1. The lowest BCUT2D eigenvalue weighted by molar-refractivity contribution is 0.628. The van der Waals surface area contributed by atoms with Gasteiger partial charge >= 0.3 is 0 Å². The Kier molecular flexibility index (Phi) is 2.72. The number of nitrogens with two attached hydrogens (primary N) is 1. The van der Waals surface area contributed by atoms with E-state index in [0.29, 0.717) is 17.1 Å². The summed E-state index contributed by atoms with van der Waals surface area (Å²) >= 11 is 0. The molecule has 0 saturated heterocycles. The molecule has 0 unspecified atom stereocenters. The first kappa shape index (κ1) is 11.4. The van der Waals surface area contributed by atoms with Gasteiger partial charge < -0.3 is 5.73 Å². The molecule has 5 heteroatoms. The van der Waals surface area contributed by atoms with E-state index in [1.54, 1.807) is 47.4 Å². The molecule has 0 fully saturated rings. The van der Waals surface area contributed by atoms with Gasteiger partial charge in [0.25, 0.3) is 0 Å². The number of nitrogen functional groups attached to an aromatic ring is 1. The normalized spacial score (nSPS) is 10.6. The SMILES string of the molecule is Nc1cc(-c2cccc(F)c2)nn1-c1ccncc1. The number of hydrogen-bond acceptors (Lipinski definition) is 3. The van der Waals surface area contributed by atoms with Crippen molar-refractivity contribution in [2.45, 2.75) is 0 Å². The largest absolute Gasteiger partial charge is 0.384 e. The molecule has 0 saturated carbocycles. The van der Waals surface area contributed by atoms with Gasteiger partial charge in [-0.1, -0.05) is 12.1 Å². The summed E-state index contributed by atoms with van der Waals surface area (Å²) in [6.07, 6.45) is 3.33. The van der Waals surface area contributed by atoms with Crippen molar-refractivity contribution in [3.8, 4) is 16.9 Å². The fourth-order valence-electron chi connectivity index (χ4n) is 1.88. The number of aromatic nitrogens is 3. The van der Waals surface area contributed by atoms with Gasteiger partial charge in [0, 0.05) is 24.0 Å². The minimum atomic E-state index is -0.297. The van der Waals surface area contributed by atoms with Gasteiger partial charge in [-0.25, -0.2) is 9.07 Å². The van der Waals surface area contributed by atoms with Crippen LogP contribution in [0.1, 0.15) is 0 Å². The van der Waals surface area contributed by atoms with Crippen molar-refractivity contribution in [1.29, 1.82) is 0 Å². The molecular weight excluding hydrogens is 243 g/mol. The molecule has 2 heterocycles. The summed E-state index contributed by atoms with van der Waals surface area (Å²) < 4.78 is 14.8. The molecule has 0 amide bonds. The highest BCUT2D eigenvalue weighted by Crippen LogP contribution is 2.23. The van der Waals surface area contributed by atoms with Crippen LogP contribution in [0, 0.1) is 5.82 Å². The maximum Gasteiger partial charge on any atom is 0.127 e. The zero-order chi connectivity index (χ0) is 13.2. The van der Waals surface area contributed by atoms with E-state index in [2.05, 4.69) is 10.1 Å². The Morgan fingerprint density at radius 3 is 2.58 bits per heavy atom. The van der Waals surface area contributed by atoms with Crippen LogP contribution in [-0.4, -0.2) is 14.8 Å². The number of benzene rings is 1. The highest BCUT2D eigenvalue weighted by Gasteiger charge is 2.09. The zero-order valence-electron chi connectivity index (χ0n) is 9.99. The second-order valence-corrected chi connectivity index (χ2v) is 4.08. The van der Waals surface area contributed by atoms with Crippen LogP contribution in [0.25, 0.3) is 16.9 Å². The van der Waals surface area contributed by atoms with Crippen molar-refractivity contribution in [2.24, 2.45) is 0 Å². The first-order valence-corrected chi connectivity index (χ1v) is 5.76. The highest BCUT2D eigenvalue weighted by molar-refractivity contribution is 5.63. The quantitative estimate of drug-likeness (QED) is 0.764. The van der Waals surface area contributed by atoms with Crippen LogP contribution < -0.4 is 5.73 Å². The van der Waals surface area contributed by atoms with Crippen molar-refractivity contribution >= 4 is 5.82 Å². The highest BCUT2D eigenvalue weighted by atomic mass is 19.1. The number of nitrogens with zero attached hydrogens (tertiary/aromatic N) is 3. The number of halogens is 1. The molecule has 1 aromatic carbocycles. The van der Waals surface area contributed by atoms with Gasteiger partial charge in [0.15, 0.2) is 0 Å². The average molecular weight is 254 g/mol. The molecule has 0 aliphatic heterocycles. The van der Waals surface area contributed by atoms with E-state index < -0.39 is 0 Å². The Hall–Kier alpha value is -2.69. The third-order valence-electron chi connectivity index (χ3n) is 2.76. The van der Waals surface area contributed by atoms with Gasteiger partial charge in [0.2, 0.25) is 0 Å². The van der Waals surface area contributed by atoms with Crippen molar-refractivity contribution in [3.05, 3.63) is 60.7 Å². The Morgan fingerprint density at radius 2 is 1.84 bits per heavy atom. The van der Waals surface area contributed by atoms with Gasteiger partial charge in [0.1, 0.15) is 11.6 Å². The van der Waals surface area contributed by atoms with Gasteiger partial charge in [-0.05, 0) is 24.3 Å². The van der Waals surface area contributed by atoms with Crippen molar-refractivity contribution in [3.63, 3.8) is 0 Å². The van der Waals surface area contributed by atoms with Crippen molar-refractivity contribution in [2.75, 3.05) is 5.73 Å². The molecule has 94 valence electrons. The molecule has 19 heavy (non-hydrogen) atoms. The van der Waals surface area contributed by atoms with E-state index in [1.807, 2.05) is 0 Å². The molecule has 0 bridgehead atoms. The standard InChI is InChI=1S/C14H11FN4/c15-11-3-1-2-10(8-11)13-9-14(16)19(18-13)12-4-6-17-7-5-12/h1-9H,16H2. The molecule has 2 N–H and O–H groups in total. The molecule has 2 aromatic heterocycles. The van der Waals surface area contributed by atoms with E-state index in [9.17, 15) is 4.39 Å². The van der Waals surface area contributed by atoms with E-state index >= 15 is 0 Å². The fourth-order valence-corrected chi connectivity index (χ4v) is 1.88. The van der Waals surface area contributed by atoms with Crippen molar-refractivity contribution in [1.82, 2.24) is 14.8 Å². The second-order valence-electron chi connectivity index (χ2n) is 4.08. The average Bonchev–Trinajstić information content (AvgIpc) is 2.82. The third-order valence-corrected chi connectivity index (χ3v) is 2.76. The van der Waals surface area contributed by atoms with Crippen LogP contribution in [0.15, 0.2) is 54.9 Å². The lowest BCUT2D eigenvalue weighted by Crippen LogP contribution is -2.01. The fraction of sp³-hybridized carbons (Fsp3) is 0. The summed E-state index contributed by atoms with van der Waals surface area (Å²) in [7, 11) is 0. The Morgan fingerprint density at radius 1 is 1.05 bits per heavy atom. The van der Waals surface area contributed by atoms with Crippen molar-refractivity contribution < 1.29 is 4.39 Å². The van der Waals surface area contributed by atoms with Crippen LogP contribution in [0.4, 0.5) is 10.2 Å². The molecule has 0 radical (unpaired) electrons. The van der Waals surface area contributed by atoms with E-state index in [0.717, 1.165) is 5.69 Å². The summed E-state index contributed by atoms with van der Waals surface area (Å²) in [5.74, 6) is 0.194. The van der Waals surface area contributed by atoms with E-state index in [-0.39, 0.29) is 5.82 Å². The molecule has 3 aromatic rings. The minimum Gasteiger partial charge on any atom is -0.384 e. The van der Waals surface area contributed by atoms with Gasteiger partial charge in [0.05, 0.1) is 11.4 Å². The van der Waals surface area contributed by atoms with Crippen LogP contribution in [0.2, 0.25) is 0 Å². The summed E-state index contributed by atoms with van der Waals surface area (Å²) in [4.78, 5) is 3.95. The second kappa shape index (κ2) is 4.53. The molecular formula is C14H11FN4. The van der Waals surface area contributed by atoms with Crippen LogP contribution in [0.3, 0.4) is 0 Å². The summed E-state index contributed by atoms with van der Waals surface area (Å²) in [5.41, 5.74) is 8.08. The van der Waals surface area contributed by atoms with Crippen LogP contribution >= 0.6 is 0 Å². The number of rotatable bonds is 2. The van der Waals surface area contributed by atoms with Gasteiger partial charge in [-0.15, -0.1) is 0 Å². The first-order chi connectivity index (χ1) is 9.24. The topological polar surface area (TPSA) is 56.7 Å². The number of pyridine rings is 1. The molecule has 0 aliphatic rings. The monoisotopic (exact) mass is 254 g/mol. The summed E-state index contributed by atoms with van der Waals surface area (Å²) in [6.45, 7) is 0. The summed E-state index contributed by atoms with van der Waals surface area (Å²) in [5, 5.41) is 4.39. The smallest absolute Gasteiger partial charge is 0.127 e. The third kappa shape index (κ3) is 2.18. The summed E-state index contributed by atoms with van der Waals surface area (Å²) in [6, 6.07) is 11.6. The predicted octanol–water partition coefficient (Wildman–Crippen LogP) is 2.66.